The molecule has 0 aliphatic heterocycles. The van der Waals surface area contributed by atoms with E-state index in [2.05, 4.69) is 15.4 Å². The molecule has 0 bridgehead atoms. The predicted octanol–water partition coefficient (Wildman–Crippen LogP) is 3.67. The number of esters is 1. The van der Waals surface area contributed by atoms with Gasteiger partial charge in [0.15, 0.2) is 6.23 Å². The van der Waals surface area contributed by atoms with Crippen LogP contribution in [0.4, 0.5) is 10.5 Å². The van der Waals surface area contributed by atoms with E-state index in [0.29, 0.717) is 22.0 Å². The van der Waals surface area contributed by atoms with Gasteiger partial charge < -0.3 is 20.1 Å². The number of anilines is 1. The molecule has 0 spiro atoms. The van der Waals surface area contributed by atoms with Gasteiger partial charge in [-0.1, -0.05) is 17.7 Å². The van der Waals surface area contributed by atoms with Crippen molar-refractivity contribution < 1.29 is 19.1 Å². The Kier molecular flexibility index (Phi) is 6.03. The second-order valence-electron chi connectivity index (χ2n) is 4.88. The summed E-state index contributed by atoms with van der Waals surface area (Å²) in [6, 6.07) is 12.8. The number of carbonyl (C=O) groups is 2. The molecule has 0 fully saturated rings. The van der Waals surface area contributed by atoms with Crippen LogP contribution in [0.1, 0.15) is 17.3 Å². The molecule has 0 aliphatic carbocycles. The summed E-state index contributed by atoms with van der Waals surface area (Å²) < 4.78 is 10.2. The van der Waals surface area contributed by atoms with Gasteiger partial charge in [0.25, 0.3) is 0 Å². The van der Waals surface area contributed by atoms with Gasteiger partial charge >= 0.3 is 12.0 Å². The molecule has 2 N–H and O–H groups in total. The number of hydrogen-bond donors (Lipinski definition) is 2. The Balaban J connectivity index is 1.90. The van der Waals surface area contributed by atoms with Gasteiger partial charge in [0.05, 0.1) is 12.7 Å². The zero-order chi connectivity index (χ0) is 17.5. The van der Waals surface area contributed by atoms with E-state index in [1.165, 1.54) is 13.2 Å². The molecule has 0 saturated heterocycles. The smallest absolute Gasteiger partial charge is 0.337 e. The molecule has 1 unspecified atom stereocenters. The molecule has 1 atom stereocenters. The van der Waals surface area contributed by atoms with Gasteiger partial charge in [-0.15, -0.1) is 0 Å². The second-order valence-corrected chi connectivity index (χ2v) is 5.32. The lowest BCUT2D eigenvalue weighted by molar-refractivity contribution is 0.0600. The minimum atomic E-state index is -0.560. The average Bonchev–Trinajstić information content (AvgIpc) is 2.56. The van der Waals surface area contributed by atoms with Crippen LogP contribution in [0.25, 0.3) is 0 Å². The molecule has 2 aromatic rings. The quantitative estimate of drug-likeness (QED) is 0.638. The third-order valence-corrected chi connectivity index (χ3v) is 3.25. The van der Waals surface area contributed by atoms with Crippen molar-refractivity contribution in [1.82, 2.24) is 5.32 Å². The lowest BCUT2D eigenvalue weighted by Crippen LogP contribution is -2.39. The van der Waals surface area contributed by atoms with Crippen LogP contribution in [0.5, 0.6) is 5.75 Å². The SMILES string of the molecule is COC(=O)c1cccc(NC(=O)NC(C)Oc2ccc(Cl)cc2)c1. The topological polar surface area (TPSA) is 76.7 Å². The van der Waals surface area contributed by atoms with Crippen molar-refractivity contribution in [2.75, 3.05) is 12.4 Å². The molecule has 0 aromatic heterocycles. The Hall–Kier alpha value is -2.73. The minimum Gasteiger partial charge on any atom is -0.471 e. The van der Waals surface area contributed by atoms with E-state index < -0.39 is 18.2 Å². The Morgan fingerprint density at radius 2 is 1.83 bits per heavy atom. The van der Waals surface area contributed by atoms with Gasteiger partial charge in [-0.2, -0.15) is 0 Å². The highest BCUT2D eigenvalue weighted by Crippen LogP contribution is 2.16. The highest BCUT2D eigenvalue weighted by molar-refractivity contribution is 6.30. The van der Waals surface area contributed by atoms with Gasteiger partial charge in [0.1, 0.15) is 5.75 Å². The third kappa shape index (κ3) is 5.17. The number of amides is 2. The van der Waals surface area contributed by atoms with E-state index in [0.717, 1.165) is 0 Å². The normalized spacial score (nSPS) is 11.3. The van der Waals surface area contributed by atoms with Crippen molar-refractivity contribution in [2.24, 2.45) is 0 Å². The van der Waals surface area contributed by atoms with Gasteiger partial charge in [-0.3, -0.25) is 0 Å². The molecule has 2 aromatic carbocycles. The van der Waals surface area contributed by atoms with Crippen LogP contribution in [-0.4, -0.2) is 25.3 Å². The van der Waals surface area contributed by atoms with Crippen molar-refractivity contribution in [3.63, 3.8) is 0 Å². The number of carbonyl (C=O) groups excluding carboxylic acids is 2. The first kappa shape index (κ1) is 17.6. The molecule has 7 heteroatoms. The number of hydrogen-bond acceptors (Lipinski definition) is 4. The van der Waals surface area contributed by atoms with E-state index >= 15 is 0 Å². The van der Waals surface area contributed by atoms with E-state index in [-0.39, 0.29) is 0 Å². The van der Waals surface area contributed by atoms with Crippen LogP contribution in [0.3, 0.4) is 0 Å². The van der Waals surface area contributed by atoms with Crippen LogP contribution in [0.2, 0.25) is 5.02 Å². The number of halogens is 1. The van der Waals surface area contributed by atoms with Crippen LogP contribution in [-0.2, 0) is 4.74 Å². The van der Waals surface area contributed by atoms with Gasteiger partial charge in [-0.05, 0) is 49.4 Å². The van der Waals surface area contributed by atoms with Crippen molar-refractivity contribution >= 4 is 29.3 Å². The Morgan fingerprint density at radius 1 is 1.12 bits per heavy atom. The molecule has 126 valence electrons. The summed E-state index contributed by atoms with van der Waals surface area (Å²) >= 11 is 5.80. The van der Waals surface area contributed by atoms with Crippen LogP contribution >= 0.6 is 11.6 Å². The first-order valence-electron chi connectivity index (χ1n) is 7.16. The Bertz CT molecular complexity index is 719. The van der Waals surface area contributed by atoms with Crippen LogP contribution in [0, 0.1) is 0 Å². The van der Waals surface area contributed by atoms with Gasteiger partial charge in [0.2, 0.25) is 0 Å². The van der Waals surface area contributed by atoms with Crippen molar-refractivity contribution in [3.8, 4) is 5.75 Å². The summed E-state index contributed by atoms with van der Waals surface area (Å²) in [7, 11) is 1.30. The summed E-state index contributed by atoms with van der Waals surface area (Å²) in [5, 5.41) is 5.86. The fourth-order valence-electron chi connectivity index (χ4n) is 1.94. The fourth-order valence-corrected chi connectivity index (χ4v) is 2.07. The first-order valence-corrected chi connectivity index (χ1v) is 7.54. The largest absolute Gasteiger partial charge is 0.471 e. The molecular formula is C17H17ClN2O4. The molecular weight excluding hydrogens is 332 g/mol. The molecule has 2 amide bonds. The summed E-state index contributed by atoms with van der Waals surface area (Å²) in [6.07, 6.45) is -0.560. The number of urea groups is 1. The summed E-state index contributed by atoms with van der Waals surface area (Å²) in [6.45, 7) is 1.69. The average molecular weight is 349 g/mol. The van der Waals surface area contributed by atoms with Crippen molar-refractivity contribution in [1.29, 1.82) is 0 Å². The molecule has 0 radical (unpaired) electrons. The first-order chi connectivity index (χ1) is 11.5. The van der Waals surface area contributed by atoms with Gasteiger partial charge in [0, 0.05) is 10.7 Å². The molecule has 6 nitrogen and oxygen atoms in total. The lowest BCUT2D eigenvalue weighted by Gasteiger charge is -2.17. The fraction of sp³-hybridized carbons (Fsp3) is 0.176. The van der Waals surface area contributed by atoms with Crippen molar-refractivity contribution in [3.05, 3.63) is 59.1 Å². The van der Waals surface area contributed by atoms with Crippen LogP contribution in [0.15, 0.2) is 48.5 Å². The highest BCUT2D eigenvalue weighted by Gasteiger charge is 2.10. The molecule has 2 rings (SSSR count). The number of benzene rings is 2. The number of rotatable bonds is 5. The third-order valence-electron chi connectivity index (χ3n) is 3.00. The number of ether oxygens (including phenoxy) is 2. The van der Waals surface area contributed by atoms with E-state index in [1.54, 1.807) is 49.4 Å². The van der Waals surface area contributed by atoms with Gasteiger partial charge in [-0.25, -0.2) is 9.59 Å². The zero-order valence-electron chi connectivity index (χ0n) is 13.2. The Morgan fingerprint density at radius 3 is 2.50 bits per heavy atom. The summed E-state index contributed by atoms with van der Waals surface area (Å²) in [5.74, 6) is 0.110. The summed E-state index contributed by atoms with van der Waals surface area (Å²) in [4.78, 5) is 23.5. The summed E-state index contributed by atoms with van der Waals surface area (Å²) in [5.41, 5.74) is 0.815. The number of nitrogens with one attached hydrogen (secondary N) is 2. The molecule has 0 aliphatic rings. The standard InChI is InChI=1S/C17H17ClN2O4/c1-11(24-15-8-6-13(18)7-9-15)19-17(22)20-14-5-3-4-12(10-14)16(21)23-2/h3-11H,1-2H3,(H2,19,20,22). The molecule has 0 heterocycles. The lowest BCUT2D eigenvalue weighted by atomic mass is 10.2. The second kappa shape index (κ2) is 8.21. The zero-order valence-corrected chi connectivity index (χ0v) is 14.0. The predicted molar refractivity (Wildman–Crippen MR) is 91.5 cm³/mol. The van der Waals surface area contributed by atoms with E-state index in [1.807, 2.05) is 0 Å². The van der Waals surface area contributed by atoms with E-state index in [9.17, 15) is 9.59 Å². The van der Waals surface area contributed by atoms with Crippen molar-refractivity contribution in [2.45, 2.75) is 13.2 Å². The van der Waals surface area contributed by atoms with E-state index in [4.69, 9.17) is 16.3 Å². The maximum atomic E-state index is 12.0. The van der Waals surface area contributed by atoms with Crippen LogP contribution < -0.4 is 15.4 Å². The molecule has 0 saturated carbocycles. The number of methoxy groups -OCH3 is 1. The molecule has 24 heavy (non-hydrogen) atoms. The maximum Gasteiger partial charge on any atom is 0.337 e. The minimum absolute atomic E-state index is 0.348. The Labute approximate surface area is 144 Å². The monoisotopic (exact) mass is 348 g/mol. The highest BCUT2D eigenvalue weighted by atomic mass is 35.5. The maximum absolute atomic E-state index is 12.0.